The fourth-order valence-electron chi connectivity index (χ4n) is 9.05. The number of fused-ring (bicyclic) bond motifs is 2. The third-order valence-corrected chi connectivity index (χ3v) is 14.1. The molecule has 2 aromatic heterocycles. The van der Waals surface area contributed by atoms with Crippen molar-refractivity contribution in [1.82, 2.24) is 29.4 Å². The number of halogens is 3. The van der Waals surface area contributed by atoms with E-state index in [1.165, 1.54) is 18.2 Å². The second kappa shape index (κ2) is 17.6. The molecule has 4 N–H and O–H groups in total. The molecule has 20 heteroatoms. The number of piperidine rings is 1. The summed E-state index contributed by atoms with van der Waals surface area (Å²) in [5, 5.41) is 13.9. The van der Waals surface area contributed by atoms with Crippen molar-refractivity contribution >= 4 is 56.1 Å². The molecule has 0 aliphatic carbocycles. The summed E-state index contributed by atoms with van der Waals surface area (Å²) < 4.78 is 78.6. The molecular weight excluding hydrogens is 870 g/mol. The standard InChI is InChI=1S/C45H45F3N8O8S/c1-64-37-20-26(18-28-23-56(45(61)39(28)37)35-8-9-38(58)51-44(35)60)36(57)11-12-53-14-16-54(17-15-53)30-4-2-25(3-5-30)27-19-31-32(22-50-43(31)49-21-27)42(59)40-33(47)6-7-34(41(40)48)52-65(62,63)55-13-10-29(46)24-55/h2-7,18-22,29,35-36,52,57H,8-17,23-24H2,1H3,(H,49,50)(H,51,58,60)/t29-,35+,36+/m1/s1. The van der Waals surface area contributed by atoms with Crippen LogP contribution in [0.4, 0.5) is 24.5 Å². The molecule has 6 heterocycles. The lowest BCUT2D eigenvalue weighted by Crippen LogP contribution is -2.52. The molecule has 3 fully saturated rings. The quantitative estimate of drug-likeness (QED) is 0.0962. The third kappa shape index (κ3) is 8.53. The number of piperazine rings is 1. The molecule has 4 aliphatic heterocycles. The molecule has 4 aliphatic rings. The predicted molar refractivity (Wildman–Crippen MR) is 232 cm³/mol. The Morgan fingerprint density at radius 1 is 1.00 bits per heavy atom. The maximum Gasteiger partial charge on any atom is 0.301 e. The van der Waals surface area contributed by atoms with E-state index >= 15 is 8.78 Å². The highest BCUT2D eigenvalue weighted by Gasteiger charge is 2.41. The number of aromatic amines is 1. The van der Waals surface area contributed by atoms with Crippen LogP contribution in [0, 0.1) is 11.6 Å². The van der Waals surface area contributed by atoms with Crippen LogP contribution < -0.4 is 19.7 Å². The molecule has 3 aromatic carbocycles. The van der Waals surface area contributed by atoms with E-state index < -0.39 is 69.6 Å². The Hall–Kier alpha value is -6.35. The highest BCUT2D eigenvalue weighted by Crippen LogP contribution is 2.37. The average Bonchev–Trinajstić information content (AvgIpc) is 4.03. The number of amides is 3. The number of alkyl halides is 1. The second-order valence-corrected chi connectivity index (χ2v) is 18.3. The lowest BCUT2D eigenvalue weighted by Gasteiger charge is -2.36. The summed E-state index contributed by atoms with van der Waals surface area (Å²) in [5.41, 5.74) is 2.65. The van der Waals surface area contributed by atoms with E-state index in [4.69, 9.17) is 4.74 Å². The highest BCUT2D eigenvalue weighted by atomic mass is 32.2. The number of hydrogen-bond acceptors (Lipinski definition) is 11. The number of nitrogens with one attached hydrogen (secondary N) is 3. The molecule has 0 saturated carbocycles. The molecule has 9 rings (SSSR count). The molecular formula is C45H45F3N8O8S. The summed E-state index contributed by atoms with van der Waals surface area (Å²) in [6.07, 6.45) is 1.54. The van der Waals surface area contributed by atoms with E-state index in [0.717, 1.165) is 53.9 Å². The minimum atomic E-state index is -4.37. The minimum Gasteiger partial charge on any atom is -0.496 e. The molecule has 0 radical (unpaired) electrons. The molecule has 3 amide bonds. The summed E-state index contributed by atoms with van der Waals surface area (Å²) >= 11 is 0. The SMILES string of the molecule is COc1cc([C@@H](O)CCN2CCN(c3ccc(-c4cnc5[nH]cc(C(=O)c6c(F)ccc(NS(=O)(=O)N7CC[C@@H](F)C7)c6F)c5c4)cc3)CC2)cc2c1C(=O)N([C@H]1CCC(=O)NC1=O)C2. The number of imide groups is 1. The smallest absolute Gasteiger partial charge is 0.301 e. The number of pyridine rings is 1. The van der Waals surface area contributed by atoms with Crippen LogP contribution in [0.25, 0.3) is 22.2 Å². The monoisotopic (exact) mass is 914 g/mol. The topological polar surface area (TPSA) is 198 Å². The van der Waals surface area contributed by atoms with Gasteiger partial charge in [-0.05, 0) is 72.4 Å². The number of nitrogens with zero attached hydrogens (tertiary/aromatic N) is 5. The van der Waals surface area contributed by atoms with Crippen molar-refractivity contribution in [1.29, 1.82) is 0 Å². The van der Waals surface area contributed by atoms with Crippen molar-refractivity contribution in [2.24, 2.45) is 0 Å². The number of carbonyl (C=O) groups excluding carboxylic acids is 4. The van der Waals surface area contributed by atoms with Gasteiger partial charge in [-0.15, -0.1) is 0 Å². The number of anilines is 2. The Kier molecular flexibility index (Phi) is 11.9. The number of H-pyrrole nitrogens is 1. The lowest BCUT2D eigenvalue weighted by atomic mass is 9.99. The van der Waals surface area contributed by atoms with Crippen molar-refractivity contribution in [2.45, 2.75) is 50.5 Å². The van der Waals surface area contributed by atoms with E-state index in [9.17, 15) is 37.1 Å². The maximum absolute atomic E-state index is 15.8. The van der Waals surface area contributed by atoms with E-state index in [-0.39, 0.29) is 49.7 Å². The van der Waals surface area contributed by atoms with Crippen LogP contribution in [0.3, 0.4) is 0 Å². The first-order valence-corrected chi connectivity index (χ1v) is 22.7. The number of hydrogen-bond donors (Lipinski definition) is 4. The van der Waals surface area contributed by atoms with Gasteiger partial charge in [0, 0.05) is 93.4 Å². The Balaban J connectivity index is 0.818. The molecule has 3 saturated heterocycles. The van der Waals surface area contributed by atoms with E-state index in [0.29, 0.717) is 52.0 Å². The Bertz CT molecular complexity index is 2840. The molecule has 65 heavy (non-hydrogen) atoms. The number of ketones is 1. The van der Waals surface area contributed by atoms with E-state index in [1.54, 1.807) is 24.4 Å². The summed E-state index contributed by atoms with van der Waals surface area (Å²) in [6.45, 7) is 3.24. The van der Waals surface area contributed by atoms with Gasteiger partial charge in [-0.3, -0.25) is 34.1 Å². The highest BCUT2D eigenvalue weighted by molar-refractivity contribution is 7.90. The number of aliphatic hydroxyl groups is 1. The van der Waals surface area contributed by atoms with Crippen LogP contribution in [0.5, 0.6) is 5.75 Å². The fraction of sp³-hybridized carbons (Fsp3) is 0.356. The number of benzene rings is 3. The second-order valence-electron chi connectivity index (χ2n) is 16.6. The van der Waals surface area contributed by atoms with Gasteiger partial charge in [0.05, 0.1) is 30.0 Å². The van der Waals surface area contributed by atoms with Gasteiger partial charge in [-0.25, -0.2) is 18.2 Å². The summed E-state index contributed by atoms with van der Waals surface area (Å²) in [4.78, 5) is 64.6. The fourth-order valence-corrected chi connectivity index (χ4v) is 10.3. The first-order valence-electron chi connectivity index (χ1n) is 21.2. The largest absolute Gasteiger partial charge is 0.496 e. The zero-order valence-electron chi connectivity index (χ0n) is 35.2. The Labute approximate surface area is 371 Å². The van der Waals surface area contributed by atoms with Crippen molar-refractivity contribution in [3.05, 3.63) is 106 Å². The van der Waals surface area contributed by atoms with Crippen LogP contribution in [0.15, 0.2) is 67.0 Å². The number of aromatic nitrogens is 2. The molecule has 16 nitrogen and oxygen atoms in total. The van der Waals surface area contributed by atoms with Gasteiger partial charge in [0.1, 0.15) is 29.4 Å². The van der Waals surface area contributed by atoms with Crippen LogP contribution in [0.2, 0.25) is 0 Å². The molecule has 3 atom stereocenters. The van der Waals surface area contributed by atoms with Gasteiger partial charge >= 0.3 is 10.2 Å². The first kappa shape index (κ1) is 43.9. The van der Waals surface area contributed by atoms with Gasteiger partial charge < -0.3 is 24.6 Å². The average molecular weight is 915 g/mol. The van der Waals surface area contributed by atoms with Gasteiger partial charge in [0.25, 0.3) is 5.91 Å². The molecule has 0 unspecified atom stereocenters. The third-order valence-electron chi connectivity index (χ3n) is 12.6. The summed E-state index contributed by atoms with van der Waals surface area (Å²) in [6, 6.07) is 13.8. The normalized spacial score (nSPS) is 20.0. The summed E-state index contributed by atoms with van der Waals surface area (Å²) in [7, 11) is -2.91. The van der Waals surface area contributed by atoms with Gasteiger partial charge in [-0.2, -0.15) is 12.7 Å². The molecule has 0 spiro atoms. The van der Waals surface area contributed by atoms with Gasteiger partial charge in [0.15, 0.2) is 5.82 Å². The number of carbonyl (C=O) groups is 4. The van der Waals surface area contributed by atoms with Crippen molar-refractivity contribution in [2.75, 3.05) is 62.5 Å². The molecule has 340 valence electrons. The summed E-state index contributed by atoms with van der Waals surface area (Å²) in [5.74, 6) is -4.50. The molecule has 0 bridgehead atoms. The zero-order valence-corrected chi connectivity index (χ0v) is 36.0. The van der Waals surface area contributed by atoms with Crippen LogP contribution >= 0.6 is 0 Å². The molecule has 5 aromatic rings. The van der Waals surface area contributed by atoms with Crippen LogP contribution in [-0.2, 0) is 26.3 Å². The first-order chi connectivity index (χ1) is 31.2. The van der Waals surface area contributed by atoms with Gasteiger partial charge in [-0.1, -0.05) is 18.2 Å². The van der Waals surface area contributed by atoms with Crippen LogP contribution in [-0.4, -0.2) is 126 Å². The predicted octanol–water partition coefficient (Wildman–Crippen LogP) is 4.45. The number of ether oxygens (including phenoxy) is 1. The Morgan fingerprint density at radius 2 is 1.77 bits per heavy atom. The van der Waals surface area contributed by atoms with Crippen LogP contribution in [0.1, 0.15) is 69.2 Å². The van der Waals surface area contributed by atoms with E-state index in [1.807, 2.05) is 29.0 Å². The lowest BCUT2D eigenvalue weighted by molar-refractivity contribution is -0.136. The van der Waals surface area contributed by atoms with Crippen molar-refractivity contribution in [3.8, 4) is 16.9 Å². The van der Waals surface area contributed by atoms with Crippen molar-refractivity contribution < 1.29 is 50.6 Å². The van der Waals surface area contributed by atoms with E-state index in [2.05, 4.69) is 25.1 Å². The Morgan fingerprint density at radius 3 is 2.48 bits per heavy atom. The minimum absolute atomic E-state index is 0.00822. The zero-order chi connectivity index (χ0) is 45.7. The number of aliphatic hydroxyl groups excluding tert-OH is 1. The maximum atomic E-state index is 15.8. The van der Waals surface area contributed by atoms with Crippen molar-refractivity contribution in [3.63, 3.8) is 0 Å². The number of methoxy groups -OCH3 is 1. The van der Waals surface area contributed by atoms with Gasteiger partial charge in [0.2, 0.25) is 17.6 Å². The number of rotatable bonds is 13.